The summed E-state index contributed by atoms with van der Waals surface area (Å²) < 4.78 is 11.5. The maximum Gasteiger partial charge on any atom is 0.145 e. The van der Waals surface area contributed by atoms with Crippen molar-refractivity contribution in [2.24, 2.45) is 0 Å². The number of benzene rings is 7. The number of hydrogen-bond donors (Lipinski definition) is 0. The Labute approximate surface area is 250 Å². The zero-order valence-electron chi connectivity index (χ0n) is 23.0. The Morgan fingerprint density at radius 2 is 1.28 bits per heavy atom. The molecule has 7 aromatic carbocycles. The quantitative estimate of drug-likeness (QED) is 0.204. The van der Waals surface area contributed by atoms with E-state index in [2.05, 4.69) is 138 Å². The fraction of sp³-hybridized carbons (Fsp3) is 0. The van der Waals surface area contributed by atoms with Gasteiger partial charge < -0.3 is 8.98 Å². The Balaban J connectivity index is 1.17. The van der Waals surface area contributed by atoms with E-state index in [1.807, 2.05) is 17.4 Å². The van der Waals surface area contributed by atoms with Gasteiger partial charge in [-0.05, 0) is 70.4 Å². The normalized spacial score (nSPS) is 12.2. The summed E-state index contributed by atoms with van der Waals surface area (Å²) in [4.78, 5) is 0. The van der Waals surface area contributed by atoms with Crippen molar-refractivity contribution in [3.05, 3.63) is 140 Å². The molecule has 0 bridgehead atoms. The largest absolute Gasteiger partial charge is 0.455 e. The van der Waals surface area contributed by atoms with Crippen molar-refractivity contribution in [2.45, 2.75) is 0 Å². The molecule has 0 radical (unpaired) electrons. The summed E-state index contributed by atoms with van der Waals surface area (Å²) in [6.07, 6.45) is 0. The van der Waals surface area contributed by atoms with Crippen LogP contribution in [0.15, 0.2) is 144 Å². The van der Waals surface area contributed by atoms with E-state index < -0.39 is 0 Å². The molecule has 0 saturated heterocycles. The van der Waals surface area contributed by atoms with Gasteiger partial charge in [-0.25, -0.2) is 0 Å². The molecule has 0 unspecified atom stereocenters. The van der Waals surface area contributed by atoms with Crippen molar-refractivity contribution in [2.75, 3.05) is 0 Å². The van der Waals surface area contributed by atoms with E-state index in [1.54, 1.807) is 0 Å². The lowest BCUT2D eigenvalue weighted by atomic mass is 9.99. The summed E-state index contributed by atoms with van der Waals surface area (Å²) in [6.45, 7) is 0. The highest BCUT2D eigenvalue weighted by molar-refractivity contribution is 7.26. The summed E-state index contributed by atoms with van der Waals surface area (Å²) in [5, 5.41) is 9.81. The molecule has 0 saturated carbocycles. The maximum absolute atomic E-state index is 6.49. The van der Waals surface area contributed by atoms with E-state index in [0.717, 1.165) is 38.5 Å². The topological polar surface area (TPSA) is 18.1 Å². The van der Waals surface area contributed by atoms with Crippen LogP contribution >= 0.6 is 11.3 Å². The first-order valence-electron chi connectivity index (χ1n) is 14.6. The Morgan fingerprint density at radius 3 is 2.23 bits per heavy atom. The second kappa shape index (κ2) is 8.57. The molecule has 10 aromatic rings. The second-order valence-electron chi connectivity index (χ2n) is 11.3. The fourth-order valence-electron chi connectivity index (χ4n) is 7.03. The molecule has 0 aliphatic heterocycles. The minimum absolute atomic E-state index is 0.926. The van der Waals surface area contributed by atoms with E-state index in [4.69, 9.17) is 4.42 Å². The molecule has 0 spiro atoms. The number of rotatable bonds is 2. The summed E-state index contributed by atoms with van der Waals surface area (Å²) >= 11 is 1.88. The third-order valence-electron chi connectivity index (χ3n) is 8.98. The molecule has 3 heterocycles. The molecule has 2 nitrogen and oxygen atoms in total. The molecule has 3 aromatic heterocycles. The number of hydrogen-bond acceptors (Lipinski definition) is 2. The fourth-order valence-corrected chi connectivity index (χ4v) is 8.27. The molecule has 3 heteroatoms. The van der Waals surface area contributed by atoms with Gasteiger partial charge in [0.25, 0.3) is 0 Å². The number of thiophene rings is 1. The van der Waals surface area contributed by atoms with Crippen molar-refractivity contribution in [1.82, 2.24) is 4.57 Å². The van der Waals surface area contributed by atoms with Gasteiger partial charge in [-0.1, -0.05) is 91.0 Å². The zero-order valence-corrected chi connectivity index (χ0v) is 23.9. The maximum atomic E-state index is 6.49. The lowest BCUT2D eigenvalue weighted by Gasteiger charge is -2.11. The van der Waals surface area contributed by atoms with Crippen LogP contribution in [0.5, 0.6) is 0 Å². The lowest BCUT2D eigenvalue weighted by molar-refractivity contribution is 0.673. The van der Waals surface area contributed by atoms with Crippen molar-refractivity contribution >= 4 is 86.0 Å². The van der Waals surface area contributed by atoms with Crippen LogP contribution in [0.2, 0.25) is 0 Å². The van der Waals surface area contributed by atoms with Crippen LogP contribution < -0.4 is 0 Å². The number of fused-ring (bicyclic) bond motifs is 11. The SMILES string of the molecule is c1ccc2c(c1)oc1c2ccc2c1c1ccccc1n2-c1ccc2cc(-c3cccc4c3sc3ccccc34)ccc2c1. The Morgan fingerprint density at radius 1 is 0.512 bits per heavy atom. The second-order valence-corrected chi connectivity index (χ2v) is 12.4. The molecule has 200 valence electrons. The Kier molecular flexibility index (Phi) is 4.63. The highest BCUT2D eigenvalue weighted by Gasteiger charge is 2.18. The van der Waals surface area contributed by atoms with E-state index >= 15 is 0 Å². The van der Waals surface area contributed by atoms with Crippen molar-refractivity contribution in [3.63, 3.8) is 0 Å². The molecule has 0 atom stereocenters. The van der Waals surface area contributed by atoms with E-state index in [9.17, 15) is 0 Å². The highest BCUT2D eigenvalue weighted by atomic mass is 32.1. The monoisotopic (exact) mass is 565 g/mol. The van der Waals surface area contributed by atoms with E-state index in [1.165, 1.54) is 53.0 Å². The van der Waals surface area contributed by atoms with Crippen LogP contribution in [-0.2, 0) is 0 Å². The predicted octanol–water partition coefficient (Wildman–Crippen LogP) is 11.9. The van der Waals surface area contributed by atoms with Gasteiger partial charge in [-0.2, -0.15) is 0 Å². The van der Waals surface area contributed by atoms with E-state index in [-0.39, 0.29) is 0 Å². The van der Waals surface area contributed by atoms with Crippen LogP contribution in [0, 0.1) is 0 Å². The summed E-state index contributed by atoms with van der Waals surface area (Å²) in [6, 6.07) is 50.5. The van der Waals surface area contributed by atoms with Crippen LogP contribution in [0.25, 0.3) is 91.5 Å². The van der Waals surface area contributed by atoms with Crippen molar-refractivity contribution in [1.29, 1.82) is 0 Å². The number of furan rings is 1. The van der Waals surface area contributed by atoms with Gasteiger partial charge in [0.1, 0.15) is 11.2 Å². The Hall–Kier alpha value is -5.38. The highest BCUT2D eigenvalue weighted by Crippen LogP contribution is 2.42. The Bertz CT molecular complexity index is 2740. The first-order chi connectivity index (χ1) is 21.3. The molecule has 0 aliphatic carbocycles. The third kappa shape index (κ3) is 3.23. The van der Waals surface area contributed by atoms with Gasteiger partial charge in [0.15, 0.2) is 0 Å². The van der Waals surface area contributed by atoms with Crippen molar-refractivity contribution in [3.8, 4) is 16.8 Å². The number of para-hydroxylation sites is 2. The third-order valence-corrected chi connectivity index (χ3v) is 10.2. The number of nitrogens with zero attached hydrogens (tertiary/aromatic N) is 1. The van der Waals surface area contributed by atoms with Crippen LogP contribution in [0.1, 0.15) is 0 Å². The molecule has 10 rings (SSSR count). The van der Waals surface area contributed by atoms with Gasteiger partial charge in [0.05, 0.1) is 16.4 Å². The number of aromatic nitrogens is 1. The van der Waals surface area contributed by atoms with Crippen molar-refractivity contribution < 1.29 is 4.42 Å². The van der Waals surface area contributed by atoms with Gasteiger partial charge in [-0.3, -0.25) is 0 Å². The van der Waals surface area contributed by atoms with Crippen LogP contribution in [0.4, 0.5) is 0 Å². The molecule has 0 N–H and O–H groups in total. The summed E-state index contributed by atoms with van der Waals surface area (Å²) in [7, 11) is 0. The van der Waals surface area contributed by atoms with Gasteiger partial charge in [0, 0.05) is 42.0 Å². The van der Waals surface area contributed by atoms with Gasteiger partial charge in [0.2, 0.25) is 0 Å². The predicted molar refractivity (Wildman–Crippen MR) is 184 cm³/mol. The average molecular weight is 566 g/mol. The molecular weight excluding hydrogens is 543 g/mol. The van der Waals surface area contributed by atoms with Crippen LogP contribution in [0.3, 0.4) is 0 Å². The summed E-state index contributed by atoms with van der Waals surface area (Å²) in [5.74, 6) is 0. The lowest BCUT2D eigenvalue weighted by Crippen LogP contribution is -1.93. The minimum Gasteiger partial charge on any atom is -0.455 e. The average Bonchev–Trinajstić information content (AvgIpc) is 3.73. The zero-order chi connectivity index (χ0) is 28.1. The smallest absolute Gasteiger partial charge is 0.145 e. The molecular formula is C40H23NOS. The first-order valence-corrected chi connectivity index (χ1v) is 15.4. The molecule has 43 heavy (non-hydrogen) atoms. The molecule has 0 amide bonds. The molecule has 0 aliphatic rings. The summed E-state index contributed by atoms with van der Waals surface area (Å²) in [5.41, 5.74) is 7.90. The first kappa shape index (κ1) is 23.2. The molecule has 0 fully saturated rings. The minimum atomic E-state index is 0.926. The standard InChI is InChI=1S/C40H23NOS/c1-4-13-34-33(10-1)38-35(21-20-31-29-8-2-5-14-36(29)42-39(31)38)41(34)27-19-18-24-22-26(17-16-25(24)23-27)28-11-7-12-32-30-9-3-6-15-37(30)43-40(28)32/h1-23H. The van der Waals surface area contributed by atoms with Gasteiger partial charge in [-0.15, -0.1) is 11.3 Å². The van der Waals surface area contributed by atoms with Gasteiger partial charge >= 0.3 is 0 Å². The van der Waals surface area contributed by atoms with Crippen LogP contribution in [-0.4, -0.2) is 4.57 Å². The van der Waals surface area contributed by atoms with E-state index in [0.29, 0.717) is 0 Å².